The van der Waals surface area contributed by atoms with Crippen molar-refractivity contribution in [2.24, 2.45) is 5.73 Å². The summed E-state index contributed by atoms with van der Waals surface area (Å²) in [6.07, 6.45) is 6.65. The highest BCUT2D eigenvalue weighted by atomic mass is 19.1. The summed E-state index contributed by atoms with van der Waals surface area (Å²) in [5.74, 6) is -1.01. The molecule has 2 N–H and O–H groups in total. The first-order valence-corrected chi connectivity index (χ1v) is 6.06. The van der Waals surface area contributed by atoms with Gasteiger partial charge >= 0.3 is 0 Å². The molecule has 0 fully saturated rings. The van der Waals surface area contributed by atoms with Crippen LogP contribution in [-0.2, 0) is 6.42 Å². The Morgan fingerprint density at radius 2 is 1.88 bits per heavy atom. The lowest BCUT2D eigenvalue weighted by Gasteiger charge is -2.20. The summed E-state index contributed by atoms with van der Waals surface area (Å²) in [4.78, 5) is 0. The monoisotopic (exact) mass is 237 g/mol. The van der Waals surface area contributed by atoms with Gasteiger partial charge in [-0.1, -0.05) is 17.7 Å². The molecule has 0 amide bonds. The Kier molecular flexibility index (Phi) is 3.89. The molecule has 1 aliphatic carbocycles. The van der Waals surface area contributed by atoms with Crippen LogP contribution >= 0.6 is 0 Å². The first-order valence-electron chi connectivity index (χ1n) is 6.06. The zero-order valence-corrected chi connectivity index (χ0v) is 9.76. The van der Waals surface area contributed by atoms with Gasteiger partial charge in [-0.25, -0.2) is 8.78 Å². The van der Waals surface area contributed by atoms with Gasteiger partial charge < -0.3 is 5.73 Å². The van der Waals surface area contributed by atoms with E-state index in [2.05, 4.69) is 6.08 Å². The van der Waals surface area contributed by atoms with Gasteiger partial charge in [-0.05, 0) is 44.2 Å². The molecule has 1 aromatic carbocycles. The van der Waals surface area contributed by atoms with Crippen molar-refractivity contribution in [2.45, 2.75) is 38.1 Å². The van der Waals surface area contributed by atoms with E-state index in [1.165, 1.54) is 24.6 Å². The van der Waals surface area contributed by atoms with Crippen LogP contribution in [0.3, 0.4) is 0 Å². The highest BCUT2D eigenvalue weighted by Crippen LogP contribution is 2.23. The van der Waals surface area contributed by atoms with Crippen molar-refractivity contribution in [1.82, 2.24) is 0 Å². The highest BCUT2D eigenvalue weighted by Gasteiger charge is 2.17. The first-order chi connectivity index (χ1) is 8.18. The lowest BCUT2D eigenvalue weighted by molar-refractivity contribution is 0.538. The van der Waals surface area contributed by atoms with Crippen LogP contribution < -0.4 is 5.73 Å². The van der Waals surface area contributed by atoms with Crippen molar-refractivity contribution in [3.63, 3.8) is 0 Å². The molecule has 3 heteroatoms. The van der Waals surface area contributed by atoms with Gasteiger partial charge in [-0.2, -0.15) is 0 Å². The minimum Gasteiger partial charge on any atom is -0.324 e. The van der Waals surface area contributed by atoms with Crippen LogP contribution in [0.2, 0.25) is 0 Å². The maximum atomic E-state index is 13.5. The molecule has 2 rings (SSSR count). The minimum absolute atomic E-state index is 0.103. The SMILES string of the molecule is NC(Cc1c(F)cccc1F)C1=CCCCC1. The van der Waals surface area contributed by atoms with E-state index in [9.17, 15) is 8.78 Å². The third kappa shape index (κ3) is 2.91. The van der Waals surface area contributed by atoms with Crippen LogP contribution in [0.1, 0.15) is 31.2 Å². The van der Waals surface area contributed by atoms with Gasteiger partial charge in [0.25, 0.3) is 0 Å². The van der Waals surface area contributed by atoms with E-state index in [-0.39, 0.29) is 18.0 Å². The molecule has 0 aliphatic heterocycles. The second kappa shape index (κ2) is 5.41. The van der Waals surface area contributed by atoms with E-state index in [1.807, 2.05) is 0 Å². The fourth-order valence-corrected chi connectivity index (χ4v) is 2.28. The van der Waals surface area contributed by atoms with Gasteiger partial charge in [-0.15, -0.1) is 0 Å². The van der Waals surface area contributed by atoms with Gasteiger partial charge in [0.05, 0.1) is 0 Å². The van der Waals surface area contributed by atoms with Crippen molar-refractivity contribution < 1.29 is 8.78 Å². The van der Waals surface area contributed by atoms with Gasteiger partial charge in [0.2, 0.25) is 0 Å². The molecule has 0 radical (unpaired) electrons. The Morgan fingerprint density at radius 1 is 1.18 bits per heavy atom. The topological polar surface area (TPSA) is 26.0 Å². The van der Waals surface area contributed by atoms with Crippen molar-refractivity contribution in [3.05, 3.63) is 47.0 Å². The molecular weight excluding hydrogens is 220 g/mol. The Bertz CT molecular complexity index is 406. The molecule has 0 bridgehead atoms. The van der Waals surface area contributed by atoms with Gasteiger partial charge in [0, 0.05) is 11.6 Å². The summed E-state index contributed by atoms with van der Waals surface area (Å²) < 4.78 is 26.9. The Morgan fingerprint density at radius 3 is 2.47 bits per heavy atom. The zero-order chi connectivity index (χ0) is 12.3. The van der Waals surface area contributed by atoms with Crippen LogP contribution in [0.15, 0.2) is 29.8 Å². The third-order valence-corrected chi connectivity index (χ3v) is 3.29. The van der Waals surface area contributed by atoms with Crippen molar-refractivity contribution in [1.29, 1.82) is 0 Å². The van der Waals surface area contributed by atoms with Crippen molar-refractivity contribution >= 4 is 0 Å². The average Bonchev–Trinajstić information content (AvgIpc) is 2.35. The van der Waals surface area contributed by atoms with E-state index in [0.29, 0.717) is 0 Å². The van der Waals surface area contributed by atoms with Crippen LogP contribution in [0.5, 0.6) is 0 Å². The maximum absolute atomic E-state index is 13.5. The predicted molar refractivity (Wildman–Crippen MR) is 64.6 cm³/mol. The Hall–Kier alpha value is -1.22. The van der Waals surface area contributed by atoms with E-state index in [4.69, 9.17) is 5.73 Å². The van der Waals surface area contributed by atoms with Crippen LogP contribution in [0.25, 0.3) is 0 Å². The molecule has 92 valence electrons. The molecule has 1 aliphatic rings. The molecule has 0 heterocycles. The zero-order valence-electron chi connectivity index (χ0n) is 9.76. The normalized spacial score (nSPS) is 17.7. The van der Waals surface area contributed by atoms with E-state index < -0.39 is 11.6 Å². The summed E-state index contributed by atoms with van der Waals surface area (Å²) in [5, 5.41) is 0. The van der Waals surface area contributed by atoms with Crippen LogP contribution in [-0.4, -0.2) is 6.04 Å². The fraction of sp³-hybridized carbons (Fsp3) is 0.429. The molecule has 0 saturated carbocycles. The number of halogens is 2. The highest BCUT2D eigenvalue weighted by molar-refractivity contribution is 5.24. The number of nitrogens with two attached hydrogens (primary N) is 1. The fourth-order valence-electron chi connectivity index (χ4n) is 2.28. The van der Waals surface area contributed by atoms with Crippen LogP contribution in [0, 0.1) is 11.6 Å². The molecule has 1 aromatic rings. The molecule has 0 saturated heterocycles. The number of hydrogen-bond acceptors (Lipinski definition) is 1. The van der Waals surface area contributed by atoms with Gasteiger partial charge in [-0.3, -0.25) is 0 Å². The smallest absolute Gasteiger partial charge is 0.129 e. The second-order valence-corrected chi connectivity index (χ2v) is 4.54. The standard InChI is InChI=1S/C14H17F2N/c15-12-7-4-8-13(16)11(12)9-14(17)10-5-2-1-3-6-10/h4-5,7-8,14H,1-3,6,9,17H2. The predicted octanol–water partition coefficient (Wildman–Crippen LogP) is 3.34. The number of allylic oxidation sites excluding steroid dienone is 1. The summed E-state index contributed by atoms with van der Waals surface area (Å²) in [5.41, 5.74) is 7.26. The van der Waals surface area contributed by atoms with Crippen molar-refractivity contribution in [3.8, 4) is 0 Å². The summed E-state index contributed by atoms with van der Waals surface area (Å²) in [6, 6.07) is 3.67. The molecule has 0 aromatic heterocycles. The number of hydrogen-bond donors (Lipinski definition) is 1. The lowest BCUT2D eigenvalue weighted by Crippen LogP contribution is -2.27. The average molecular weight is 237 g/mol. The summed E-state index contributed by atoms with van der Waals surface area (Å²) >= 11 is 0. The lowest BCUT2D eigenvalue weighted by atomic mass is 9.90. The number of benzene rings is 1. The van der Waals surface area contributed by atoms with Gasteiger partial charge in [0.1, 0.15) is 11.6 Å². The third-order valence-electron chi connectivity index (χ3n) is 3.29. The molecular formula is C14H17F2N. The Balaban J connectivity index is 2.12. The molecule has 0 spiro atoms. The summed E-state index contributed by atoms with van der Waals surface area (Å²) in [6.45, 7) is 0. The minimum atomic E-state index is -0.503. The molecule has 17 heavy (non-hydrogen) atoms. The molecule has 1 nitrogen and oxygen atoms in total. The quantitative estimate of drug-likeness (QED) is 0.802. The van der Waals surface area contributed by atoms with E-state index >= 15 is 0 Å². The second-order valence-electron chi connectivity index (χ2n) is 4.54. The van der Waals surface area contributed by atoms with Crippen molar-refractivity contribution in [2.75, 3.05) is 0 Å². The number of rotatable bonds is 3. The Labute approximate surface area is 100 Å². The summed E-state index contributed by atoms with van der Waals surface area (Å²) in [7, 11) is 0. The maximum Gasteiger partial charge on any atom is 0.129 e. The van der Waals surface area contributed by atoms with E-state index in [1.54, 1.807) is 0 Å². The first kappa shape index (κ1) is 12.2. The largest absolute Gasteiger partial charge is 0.324 e. The molecule has 1 unspecified atom stereocenters. The van der Waals surface area contributed by atoms with Gasteiger partial charge in [0.15, 0.2) is 0 Å². The molecule has 1 atom stereocenters. The van der Waals surface area contributed by atoms with E-state index in [0.717, 1.165) is 24.8 Å². The van der Waals surface area contributed by atoms with Crippen LogP contribution in [0.4, 0.5) is 8.78 Å².